The van der Waals surface area contributed by atoms with E-state index >= 15 is 0 Å². The van der Waals surface area contributed by atoms with Gasteiger partial charge in [-0.15, -0.1) is 0 Å². The highest BCUT2D eigenvalue weighted by Gasteiger charge is 2.31. The molecule has 0 heterocycles. The normalized spacial score (nSPS) is 14.2. The van der Waals surface area contributed by atoms with Gasteiger partial charge in [-0.1, -0.05) is 58.0 Å². The maximum absolute atomic E-state index is 13.3. The minimum atomic E-state index is -1.22. The van der Waals surface area contributed by atoms with Crippen LogP contribution in [0.3, 0.4) is 0 Å². The van der Waals surface area contributed by atoms with Crippen molar-refractivity contribution in [1.82, 2.24) is 16.0 Å². The highest BCUT2D eigenvalue weighted by atomic mass is 16.4. The molecule has 0 aliphatic rings. The van der Waals surface area contributed by atoms with E-state index in [1.807, 2.05) is 19.9 Å². The number of hydrogen-bond acceptors (Lipinski definition) is 6. The van der Waals surface area contributed by atoms with E-state index in [1.54, 1.807) is 38.1 Å². The summed E-state index contributed by atoms with van der Waals surface area (Å²) in [4.78, 5) is 54.7. The number of rotatable bonds is 16. The average Bonchev–Trinajstić information content (AvgIpc) is 2.84. The van der Waals surface area contributed by atoms with Crippen LogP contribution in [0.15, 0.2) is 35.3 Å². The number of amides is 3. The number of benzene rings is 1. The van der Waals surface area contributed by atoms with Gasteiger partial charge in [0.25, 0.3) is 0 Å². The monoisotopic (exact) mass is 533 g/mol. The maximum Gasteiger partial charge on any atom is 0.326 e. The molecule has 12 heteroatoms. The summed E-state index contributed by atoms with van der Waals surface area (Å²) in [5.41, 5.74) is 17.3. The Hall–Kier alpha value is -3.67. The lowest BCUT2D eigenvalue weighted by Crippen LogP contribution is -2.58. The fourth-order valence-electron chi connectivity index (χ4n) is 3.64. The molecule has 0 spiro atoms. The van der Waals surface area contributed by atoms with Crippen molar-refractivity contribution in [1.29, 1.82) is 0 Å². The summed E-state index contributed by atoms with van der Waals surface area (Å²) in [5, 5.41) is 17.6. The maximum atomic E-state index is 13.3. The zero-order valence-electron chi connectivity index (χ0n) is 22.6. The molecule has 0 bridgehead atoms. The first-order chi connectivity index (χ1) is 17.8. The Morgan fingerprint density at radius 2 is 1.42 bits per heavy atom. The lowest BCUT2D eigenvalue weighted by atomic mass is 9.99. The highest BCUT2D eigenvalue weighted by Crippen LogP contribution is 2.10. The molecule has 4 atom stereocenters. The standard InChI is InChI=1S/C26H43N7O5/c1-15(2)13-19(33-24(36)21(27)16(3)4)22(34)32-20(14-17-9-6-5-7-10-17)23(35)31-18(25(37)38)11-8-12-30-26(28)29/h5-7,9-10,15-16,18-21H,8,11-14,27H2,1-4H3,(H,31,35)(H,32,34)(H,33,36)(H,37,38)(H4,28,29,30). The minimum Gasteiger partial charge on any atom is -0.480 e. The molecule has 1 aromatic rings. The van der Waals surface area contributed by atoms with E-state index in [2.05, 4.69) is 20.9 Å². The number of nitrogens with one attached hydrogen (secondary N) is 3. The van der Waals surface area contributed by atoms with Gasteiger partial charge >= 0.3 is 5.97 Å². The van der Waals surface area contributed by atoms with Crippen LogP contribution in [0.25, 0.3) is 0 Å². The summed E-state index contributed by atoms with van der Waals surface area (Å²) < 4.78 is 0. The summed E-state index contributed by atoms with van der Waals surface area (Å²) >= 11 is 0. The van der Waals surface area contributed by atoms with Crippen molar-refractivity contribution in [3.8, 4) is 0 Å². The van der Waals surface area contributed by atoms with Crippen LogP contribution in [0.1, 0.15) is 52.5 Å². The van der Waals surface area contributed by atoms with Crippen LogP contribution in [0.5, 0.6) is 0 Å². The average molecular weight is 534 g/mol. The molecule has 0 aliphatic heterocycles. The minimum absolute atomic E-state index is 0.0596. The molecule has 0 aromatic heterocycles. The van der Waals surface area contributed by atoms with E-state index in [-0.39, 0.29) is 37.2 Å². The lowest BCUT2D eigenvalue weighted by Gasteiger charge is -2.26. The largest absolute Gasteiger partial charge is 0.480 e. The summed E-state index contributed by atoms with van der Waals surface area (Å²) in [6.07, 6.45) is 0.851. The van der Waals surface area contributed by atoms with Crippen molar-refractivity contribution in [2.75, 3.05) is 6.54 Å². The summed E-state index contributed by atoms with van der Waals surface area (Å²) in [5.74, 6) is -3.08. The predicted octanol–water partition coefficient (Wildman–Crippen LogP) is -0.149. The quantitative estimate of drug-likeness (QED) is 0.0859. The smallest absolute Gasteiger partial charge is 0.326 e. The molecule has 38 heavy (non-hydrogen) atoms. The number of carbonyl (C=O) groups is 4. The fraction of sp³-hybridized carbons (Fsp3) is 0.577. The van der Waals surface area contributed by atoms with E-state index in [1.165, 1.54) is 0 Å². The van der Waals surface area contributed by atoms with Crippen LogP contribution in [0.4, 0.5) is 0 Å². The number of nitrogens with zero attached hydrogens (tertiary/aromatic N) is 1. The fourth-order valence-corrected chi connectivity index (χ4v) is 3.64. The van der Waals surface area contributed by atoms with E-state index < -0.39 is 47.9 Å². The predicted molar refractivity (Wildman–Crippen MR) is 146 cm³/mol. The van der Waals surface area contributed by atoms with E-state index in [4.69, 9.17) is 17.2 Å². The second kappa shape index (κ2) is 16.2. The molecule has 3 amide bonds. The number of carboxylic acid groups (broad SMARTS) is 1. The molecule has 0 radical (unpaired) electrons. The molecule has 1 aromatic carbocycles. The van der Waals surface area contributed by atoms with Gasteiger partial charge in [-0.05, 0) is 36.7 Å². The number of hydrogen-bond donors (Lipinski definition) is 7. The second-order valence-electron chi connectivity index (χ2n) is 10.1. The highest BCUT2D eigenvalue weighted by molar-refractivity contribution is 5.94. The van der Waals surface area contributed by atoms with E-state index in [0.717, 1.165) is 5.56 Å². The Labute approximate surface area is 224 Å². The van der Waals surface area contributed by atoms with Gasteiger partial charge < -0.3 is 38.3 Å². The van der Waals surface area contributed by atoms with Crippen molar-refractivity contribution >= 4 is 29.7 Å². The molecule has 1 rings (SSSR count). The number of carboxylic acids is 1. The van der Waals surface area contributed by atoms with E-state index in [9.17, 15) is 24.3 Å². The summed E-state index contributed by atoms with van der Waals surface area (Å²) in [7, 11) is 0. The van der Waals surface area contributed by atoms with Crippen LogP contribution in [0, 0.1) is 11.8 Å². The number of carbonyl (C=O) groups excluding carboxylic acids is 3. The van der Waals surface area contributed by atoms with Crippen molar-refractivity contribution in [3.63, 3.8) is 0 Å². The topological polar surface area (TPSA) is 215 Å². The molecule has 0 fully saturated rings. The Morgan fingerprint density at radius 1 is 0.868 bits per heavy atom. The molecular formula is C26H43N7O5. The van der Waals surface area contributed by atoms with Crippen LogP contribution in [0.2, 0.25) is 0 Å². The van der Waals surface area contributed by atoms with Crippen LogP contribution >= 0.6 is 0 Å². The van der Waals surface area contributed by atoms with Gasteiger partial charge in [-0.25, -0.2) is 4.79 Å². The first-order valence-corrected chi connectivity index (χ1v) is 12.8. The third-order valence-electron chi connectivity index (χ3n) is 5.84. The van der Waals surface area contributed by atoms with Gasteiger partial charge in [0.05, 0.1) is 6.04 Å². The second-order valence-corrected chi connectivity index (χ2v) is 10.1. The van der Waals surface area contributed by atoms with E-state index in [0.29, 0.717) is 12.8 Å². The van der Waals surface area contributed by atoms with Crippen molar-refractivity contribution in [3.05, 3.63) is 35.9 Å². The van der Waals surface area contributed by atoms with Gasteiger partial charge in [0, 0.05) is 13.0 Å². The zero-order chi connectivity index (χ0) is 28.8. The first-order valence-electron chi connectivity index (χ1n) is 12.8. The van der Waals surface area contributed by atoms with Crippen molar-refractivity contribution in [2.45, 2.75) is 77.5 Å². The summed E-state index contributed by atoms with van der Waals surface area (Å²) in [6, 6.07) is 4.99. The molecule has 12 nitrogen and oxygen atoms in total. The molecule has 0 saturated carbocycles. The van der Waals surface area contributed by atoms with Crippen LogP contribution in [-0.4, -0.2) is 65.5 Å². The molecule has 4 unspecified atom stereocenters. The van der Waals surface area contributed by atoms with Crippen LogP contribution < -0.4 is 33.2 Å². The van der Waals surface area contributed by atoms with Gasteiger partial charge in [0.1, 0.15) is 18.1 Å². The third kappa shape index (κ3) is 12.0. The molecule has 10 N–H and O–H groups in total. The number of guanidine groups is 1. The van der Waals surface area contributed by atoms with Gasteiger partial charge in [-0.3, -0.25) is 19.4 Å². The Morgan fingerprint density at radius 3 is 1.95 bits per heavy atom. The lowest BCUT2D eigenvalue weighted by molar-refractivity contribution is -0.142. The number of nitrogens with two attached hydrogens (primary N) is 3. The molecule has 0 aliphatic carbocycles. The number of aliphatic imine (C=N–C) groups is 1. The van der Waals surface area contributed by atoms with Crippen molar-refractivity contribution in [2.24, 2.45) is 34.0 Å². The summed E-state index contributed by atoms with van der Waals surface area (Å²) in [6.45, 7) is 7.63. The molecule has 212 valence electrons. The SMILES string of the molecule is CC(C)CC(NC(=O)C(N)C(C)C)C(=O)NC(Cc1ccccc1)C(=O)NC(CCCN=C(N)N)C(=O)O. The number of aliphatic carboxylic acids is 1. The Bertz CT molecular complexity index is 949. The van der Waals surface area contributed by atoms with Crippen LogP contribution in [-0.2, 0) is 25.6 Å². The first kappa shape index (κ1) is 32.4. The van der Waals surface area contributed by atoms with Gasteiger partial charge in [0.2, 0.25) is 17.7 Å². The van der Waals surface area contributed by atoms with Crippen molar-refractivity contribution < 1.29 is 24.3 Å². The third-order valence-corrected chi connectivity index (χ3v) is 5.84. The Kier molecular flexibility index (Phi) is 13.8. The zero-order valence-corrected chi connectivity index (χ0v) is 22.6. The molecule has 0 saturated heterocycles. The molecular weight excluding hydrogens is 490 g/mol. The Balaban J connectivity index is 3.10. The van der Waals surface area contributed by atoms with Gasteiger partial charge in [0.15, 0.2) is 5.96 Å². The van der Waals surface area contributed by atoms with Gasteiger partial charge in [-0.2, -0.15) is 0 Å².